The van der Waals surface area contributed by atoms with E-state index in [4.69, 9.17) is 167 Å². The molecule has 44 heteroatoms. The van der Waals surface area contributed by atoms with Crippen LogP contribution in [0.3, 0.4) is 0 Å². The van der Waals surface area contributed by atoms with Crippen molar-refractivity contribution in [1.29, 1.82) is 0 Å². The zero-order valence-electron chi connectivity index (χ0n) is 32.5. The van der Waals surface area contributed by atoms with E-state index >= 15 is 0 Å². The van der Waals surface area contributed by atoms with E-state index in [-0.39, 0.29) is 0 Å². The minimum atomic E-state index is -1.23. The number of nitrogens with zero attached hydrogens (tertiary/aromatic N) is 1. The second-order valence-electron chi connectivity index (χ2n) is 15.3. The Morgan fingerprint density at radius 2 is 0.786 bits per heavy atom. The fourth-order valence-electron chi connectivity index (χ4n) is 8.97. The average molecular weight is 648 g/mol. The molecule has 203 valence electrons. The molecular weight excluding hydrogens is 631 g/mol. The summed E-state index contributed by atoms with van der Waals surface area (Å²) in [5.41, 5.74) is 4.26. The van der Waals surface area contributed by atoms with Crippen LogP contribution < -0.4 is 10.2 Å². The number of hydrogen-bond donors (Lipinski definition) is 1. The number of morpholine rings is 1. The number of nitrogens with one attached hydrogen (secondary N) is 1. The molecule has 43 radical (unpaired) electrons. The molecule has 2 heterocycles. The van der Waals surface area contributed by atoms with Gasteiger partial charge in [0.2, 0.25) is 0 Å². The van der Waals surface area contributed by atoms with Crippen LogP contribution in [0.4, 0.5) is 5.69 Å². The third kappa shape index (κ3) is 14.6. The molecule has 1 aromatic rings. The van der Waals surface area contributed by atoms with Crippen LogP contribution in [0.1, 0.15) is 11.1 Å². The lowest BCUT2D eigenvalue weighted by Gasteiger charge is -2.54. The summed E-state index contributed by atoms with van der Waals surface area (Å²) >= 11 is 0. The molecule has 2 aliphatic rings. The smallest absolute Gasteiger partial charge is 0.0642 e. The third-order valence-corrected chi connectivity index (χ3v) is 11.4. The van der Waals surface area contributed by atoms with Crippen molar-refractivity contribution in [1.82, 2.24) is 5.32 Å². The first-order valence-corrected chi connectivity index (χ1v) is 18.9. The van der Waals surface area contributed by atoms with Gasteiger partial charge in [-0.3, -0.25) is 0 Å². The average Bonchev–Trinajstić information content (AvgIpc) is 3.55. The summed E-state index contributed by atoms with van der Waals surface area (Å²) in [6.07, 6.45) is -21.3. The van der Waals surface area contributed by atoms with Crippen molar-refractivity contribution in [2.45, 2.75) is 13.1 Å². The monoisotopic (exact) mass is 656 g/mol. The maximum Gasteiger partial charge on any atom is 0.0642 e. The highest BCUT2D eigenvalue weighted by Gasteiger charge is 2.57. The van der Waals surface area contributed by atoms with E-state index in [1.165, 1.54) is 23.9 Å². The van der Waals surface area contributed by atoms with Gasteiger partial charge in [0.05, 0.1) is 13.2 Å². The Bertz CT molecular complexity index is 1130. The lowest BCUT2D eigenvalue weighted by atomic mass is 8.27. The van der Waals surface area contributed by atoms with Crippen LogP contribution in [0.5, 0.6) is 0 Å². The standard InChI is InChI=1S/C12H16N2O.B41/c1-2-12(14-3-5-15-6-4-14)7-11-9-13-8-10(1)11;1-22-33(23(2)3)38(32(20)21)41(39(34(24(4)5)25(6)7)35(26(8)9)27(10)11)40(36(28(12)13)29(14)15)37(30(16)17)31(18)19/h1-2,7,13H,3-6,8-9H2;. The largest absolute Gasteiger partial charge is 0.378 e. The van der Waals surface area contributed by atoms with Crippen molar-refractivity contribution in [3.63, 3.8) is 0 Å². The maximum absolute atomic E-state index is 6.43. The second-order valence-corrected chi connectivity index (χ2v) is 15.3. The Morgan fingerprint density at radius 3 is 1.11 bits per heavy atom. The number of benzene rings is 1. The number of fused-ring (bicyclic) bond motifs is 1. The maximum atomic E-state index is 6.43. The summed E-state index contributed by atoms with van der Waals surface area (Å²) in [5, 5.41) is 3.37. The van der Waals surface area contributed by atoms with Gasteiger partial charge in [-0.1, -0.05) is 6.07 Å². The molecule has 0 aromatic heterocycles. The molecule has 2 aliphatic heterocycles. The molecule has 56 heavy (non-hydrogen) atoms. The van der Waals surface area contributed by atoms with E-state index in [9.17, 15) is 0 Å². The predicted molar refractivity (Wildman–Crippen MR) is 296 cm³/mol. The van der Waals surface area contributed by atoms with Crippen molar-refractivity contribution in [3.8, 4) is 0 Å². The van der Waals surface area contributed by atoms with Gasteiger partial charge in [0.15, 0.2) is 0 Å². The molecule has 0 saturated carbocycles. The molecular formula is C12H16B41N2O. The van der Waals surface area contributed by atoms with Crippen molar-refractivity contribution in [2.24, 2.45) is 0 Å². The Morgan fingerprint density at radius 1 is 0.446 bits per heavy atom. The van der Waals surface area contributed by atoms with Crippen LogP contribution >= 0.6 is 0 Å². The van der Waals surface area contributed by atoms with E-state index in [0.29, 0.717) is 0 Å². The predicted octanol–water partition coefficient (Wildman–Crippen LogP) is -14.5. The minimum absolute atomic E-state index is 0.856. The van der Waals surface area contributed by atoms with Gasteiger partial charge in [0, 0.05) is 323 Å². The quantitative estimate of drug-likeness (QED) is 0.143. The van der Waals surface area contributed by atoms with Crippen LogP contribution in [0.25, 0.3) is 0 Å². The summed E-state index contributed by atoms with van der Waals surface area (Å²) in [6, 6.07) is 6.80. The lowest BCUT2D eigenvalue weighted by Crippen LogP contribution is -2.92. The van der Waals surface area contributed by atoms with Crippen LogP contribution in [0, 0.1) is 0 Å². The molecule has 0 bridgehead atoms. The van der Waals surface area contributed by atoms with Crippen LogP contribution in [0.2, 0.25) is 0 Å². The van der Waals surface area contributed by atoms with E-state index in [2.05, 4.69) is 28.4 Å². The molecule has 0 aliphatic carbocycles. The Labute approximate surface area is 377 Å². The van der Waals surface area contributed by atoms with E-state index in [1.54, 1.807) is 0 Å². The third-order valence-electron chi connectivity index (χ3n) is 11.4. The Kier molecular flexibility index (Phi) is 24.6. The minimum Gasteiger partial charge on any atom is -0.378 e. The normalized spacial score (nSPS) is 12.5. The molecule has 0 spiro atoms. The van der Waals surface area contributed by atoms with Gasteiger partial charge < -0.3 is 15.0 Å². The summed E-state index contributed by atoms with van der Waals surface area (Å²) in [6.45, 7) is 5.80. The van der Waals surface area contributed by atoms with Gasteiger partial charge in [0.1, 0.15) is 0 Å². The van der Waals surface area contributed by atoms with E-state index in [0.717, 1.165) is 39.4 Å². The van der Waals surface area contributed by atoms with E-state index in [1.807, 2.05) is 0 Å². The lowest BCUT2D eigenvalue weighted by molar-refractivity contribution is 0.122. The number of rotatable bonds is 20. The molecule has 0 unspecified atom stereocenters. The fraction of sp³-hybridized carbons (Fsp3) is 0.500. The highest BCUT2D eigenvalue weighted by molar-refractivity contribution is 8.32. The molecule has 0 amide bonds. The van der Waals surface area contributed by atoms with Crippen LogP contribution in [-0.4, -0.2) is 317 Å². The molecule has 3 rings (SSSR count). The van der Waals surface area contributed by atoms with Gasteiger partial charge in [-0.05, 0) is 23.3 Å². The van der Waals surface area contributed by atoms with Gasteiger partial charge in [0.25, 0.3) is 0 Å². The van der Waals surface area contributed by atoms with E-state index < -0.39 is 121 Å². The van der Waals surface area contributed by atoms with Gasteiger partial charge in [-0.25, -0.2) is 0 Å². The second kappa shape index (κ2) is 25.6. The number of hydrogen-bond acceptors (Lipinski definition) is 3. The van der Waals surface area contributed by atoms with Crippen LogP contribution in [-0.2, 0) is 17.8 Å². The highest BCUT2D eigenvalue weighted by atomic mass is 16.5. The number of ether oxygens (including phenoxy) is 1. The molecule has 1 fully saturated rings. The summed E-state index contributed by atoms with van der Waals surface area (Å²) in [4.78, 5) is 2.40. The Balaban J connectivity index is 0.000000585. The van der Waals surface area contributed by atoms with Gasteiger partial charge in [-0.15, -0.1) is 0 Å². The first kappa shape index (κ1) is 53.7. The van der Waals surface area contributed by atoms with Gasteiger partial charge in [-0.2, -0.15) is 0 Å². The van der Waals surface area contributed by atoms with Crippen LogP contribution in [0.15, 0.2) is 18.2 Å². The molecule has 0 atom stereocenters. The summed E-state index contributed by atoms with van der Waals surface area (Å²) in [5.74, 6) is 0. The molecule has 3 nitrogen and oxygen atoms in total. The molecule has 1 saturated heterocycles. The summed E-state index contributed by atoms with van der Waals surface area (Å²) < 4.78 is 5.36. The molecule has 1 aromatic carbocycles. The zero-order valence-corrected chi connectivity index (χ0v) is 32.5. The first-order valence-electron chi connectivity index (χ1n) is 18.9. The molecule has 1 N–H and O–H groups in total. The van der Waals surface area contributed by atoms with Crippen molar-refractivity contribution in [3.05, 3.63) is 29.3 Å². The SMILES string of the molecule is [B][B]B(B([B])[B])B(B([B])[B])B(B(B(B([B])[B])B([B])[B])B(B([B])[B])B([B])[B])B(B(B([B])[B])B([B])[B])B(B([B])[B])B([B])[B].c1cc2c(cc1N1CCOCC1)CNC2. The first-order chi connectivity index (χ1) is 26.1. The van der Waals surface area contributed by atoms with Gasteiger partial charge >= 0.3 is 0 Å². The highest BCUT2D eigenvalue weighted by Crippen LogP contribution is 2.24. The van der Waals surface area contributed by atoms with Crippen molar-refractivity contribution in [2.75, 3.05) is 31.2 Å². The zero-order chi connectivity index (χ0) is 42.8. The van der Waals surface area contributed by atoms with Crippen molar-refractivity contribution >= 4 is 297 Å². The number of anilines is 1. The van der Waals surface area contributed by atoms with Crippen molar-refractivity contribution < 1.29 is 4.74 Å². The topological polar surface area (TPSA) is 24.5 Å². The summed E-state index contributed by atoms with van der Waals surface area (Å²) in [7, 11) is 133. The Hall–Kier alpha value is 1.60. The fourth-order valence-corrected chi connectivity index (χ4v) is 8.97.